The summed E-state index contributed by atoms with van der Waals surface area (Å²) in [5.41, 5.74) is 4.00. The molecule has 0 bridgehead atoms. The zero-order valence-electron chi connectivity index (χ0n) is 25.7. The highest BCUT2D eigenvalue weighted by atomic mass is 79.9. The first-order valence-electron chi connectivity index (χ1n) is 15.5. The monoisotopic (exact) mass is 690 g/mol. The Labute approximate surface area is 273 Å². The van der Waals surface area contributed by atoms with E-state index >= 15 is 0 Å². The smallest absolute Gasteiger partial charge is 0.252 e. The van der Waals surface area contributed by atoms with Gasteiger partial charge in [0.1, 0.15) is 0 Å². The van der Waals surface area contributed by atoms with Crippen LogP contribution in [-0.2, 0) is 21.1 Å². The molecular weight excluding hydrogens is 652 g/mol. The van der Waals surface area contributed by atoms with Crippen molar-refractivity contribution in [2.45, 2.75) is 43.3 Å². The summed E-state index contributed by atoms with van der Waals surface area (Å²) < 4.78 is 32.4. The summed E-state index contributed by atoms with van der Waals surface area (Å²) in [7, 11) is -3.63. The highest BCUT2D eigenvalue weighted by molar-refractivity contribution is 9.10. The van der Waals surface area contributed by atoms with Gasteiger partial charge in [-0.05, 0) is 56.6 Å². The highest BCUT2D eigenvalue weighted by Crippen LogP contribution is 2.36. The van der Waals surface area contributed by atoms with Crippen LogP contribution in [0.15, 0.2) is 82.2 Å². The van der Waals surface area contributed by atoms with Crippen LogP contribution in [0.1, 0.15) is 47.3 Å². The van der Waals surface area contributed by atoms with Gasteiger partial charge in [-0.25, -0.2) is 13.4 Å². The van der Waals surface area contributed by atoms with Crippen LogP contribution in [0.3, 0.4) is 0 Å². The predicted octanol–water partition coefficient (Wildman–Crippen LogP) is 5.86. The molecule has 1 amide bonds. The maximum atomic E-state index is 14.4. The van der Waals surface area contributed by atoms with Gasteiger partial charge in [0.2, 0.25) is 0 Å². The molecule has 1 atom stereocenters. The number of halogens is 1. The van der Waals surface area contributed by atoms with E-state index in [0.29, 0.717) is 34.7 Å². The van der Waals surface area contributed by atoms with Crippen LogP contribution < -0.4 is 5.32 Å². The lowest BCUT2D eigenvalue weighted by Crippen LogP contribution is -2.48. The Morgan fingerprint density at radius 2 is 1.71 bits per heavy atom. The van der Waals surface area contributed by atoms with Crippen molar-refractivity contribution in [3.8, 4) is 11.3 Å². The number of aromatic nitrogens is 1. The molecule has 0 saturated carbocycles. The van der Waals surface area contributed by atoms with E-state index < -0.39 is 9.84 Å². The van der Waals surface area contributed by atoms with Gasteiger partial charge in [-0.1, -0.05) is 70.5 Å². The zero-order valence-corrected chi connectivity index (χ0v) is 28.1. The number of carbonyl (C=O) groups excluding carboxylic acids is 1. The topological polar surface area (TPSA) is 91.8 Å². The summed E-state index contributed by atoms with van der Waals surface area (Å²) in [5, 5.41) is 3.75. The number of pyridine rings is 1. The van der Waals surface area contributed by atoms with E-state index in [2.05, 4.69) is 31.0 Å². The number of sulfone groups is 1. The summed E-state index contributed by atoms with van der Waals surface area (Å²) in [6.07, 6.45) is 3.27. The lowest BCUT2D eigenvalue weighted by molar-refractivity contribution is 0.000225. The van der Waals surface area contributed by atoms with E-state index in [-0.39, 0.29) is 16.8 Å². The van der Waals surface area contributed by atoms with Crippen LogP contribution in [0.5, 0.6) is 0 Å². The second-order valence-corrected chi connectivity index (χ2v) is 14.9. The third-order valence-corrected chi connectivity index (χ3v) is 10.6. The average molecular weight is 692 g/mol. The normalized spacial score (nSPS) is 17.8. The first kappa shape index (κ1) is 31.8. The van der Waals surface area contributed by atoms with E-state index in [1.807, 2.05) is 67.6 Å². The number of nitrogens with zero attached hydrogens (tertiary/aromatic N) is 3. The molecule has 0 unspecified atom stereocenters. The number of benzene rings is 3. The number of fused-ring (bicyclic) bond motifs is 1. The first-order valence-corrected chi connectivity index (χ1v) is 18.2. The van der Waals surface area contributed by atoms with E-state index in [1.165, 1.54) is 6.26 Å². The number of hydrogen-bond donors (Lipinski definition) is 1. The second kappa shape index (κ2) is 13.7. The number of likely N-dealkylation sites (tertiary alicyclic amines) is 1. The van der Waals surface area contributed by atoms with Crippen molar-refractivity contribution in [2.24, 2.45) is 0 Å². The molecule has 0 aliphatic carbocycles. The Morgan fingerprint density at radius 3 is 2.40 bits per heavy atom. The average Bonchev–Trinajstić information content (AvgIpc) is 3.04. The molecule has 6 rings (SSSR count). The van der Waals surface area contributed by atoms with Crippen LogP contribution in [0.25, 0.3) is 22.2 Å². The van der Waals surface area contributed by atoms with Crippen molar-refractivity contribution in [1.29, 1.82) is 0 Å². The Balaban J connectivity index is 1.46. The molecule has 10 heteroatoms. The van der Waals surface area contributed by atoms with Crippen LogP contribution >= 0.6 is 15.9 Å². The molecule has 2 saturated heterocycles. The molecule has 3 aromatic carbocycles. The molecule has 2 fully saturated rings. The van der Waals surface area contributed by atoms with Crippen LogP contribution in [0.2, 0.25) is 0 Å². The lowest BCUT2D eigenvalue weighted by Gasteiger charge is -2.40. The van der Waals surface area contributed by atoms with E-state index in [0.717, 1.165) is 73.4 Å². The number of para-hydroxylation sites is 1. The summed E-state index contributed by atoms with van der Waals surface area (Å²) >= 11 is 3.60. The van der Waals surface area contributed by atoms with Crippen molar-refractivity contribution in [2.75, 3.05) is 45.6 Å². The zero-order chi connectivity index (χ0) is 31.6. The van der Waals surface area contributed by atoms with E-state index in [1.54, 1.807) is 12.1 Å². The number of rotatable bonds is 8. The molecule has 4 aromatic rings. The second-order valence-electron chi connectivity index (χ2n) is 12.0. The van der Waals surface area contributed by atoms with Crippen LogP contribution in [0.4, 0.5) is 0 Å². The van der Waals surface area contributed by atoms with Gasteiger partial charge in [0.25, 0.3) is 5.91 Å². The number of piperidine rings is 1. The Bertz CT molecular complexity index is 1790. The van der Waals surface area contributed by atoms with Crippen LogP contribution in [0, 0.1) is 0 Å². The number of ether oxygens (including phenoxy) is 1. The minimum Gasteiger partial charge on any atom is -0.379 e. The summed E-state index contributed by atoms with van der Waals surface area (Å²) in [6, 6.07) is 23.0. The van der Waals surface area contributed by atoms with Crippen molar-refractivity contribution in [1.82, 2.24) is 20.1 Å². The fourth-order valence-corrected chi connectivity index (χ4v) is 7.82. The van der Waals surface area contributed by atoms with Crippen molar-refractivity contribution in [3.63, 3.8) is 0 Å². The molecule has 0 radical (unpaired) electrons. The lowest BCUT2D eigenvalue weighted by atomic mass is 9.94. The first-order chi connectivity index (χ1) is 21.7. The van der Waals surface area contributed by atoms with Crippen LogP contribution in [-0.4, -0.2) is 80.8 Å². The van der Waals surface area contributed by atoms with Crippen molar-refractivity contribution < 1.29 is 17.9 Å². The molecule has 45 heavy (non-hydrogen) atoms. The SMILES string of the molecule is C[C@H](NC(=O)c1c(CN2CCC(N3CCOCC3)CC2)c(-c2cccc(Br)c2)nc2c(S(C)(=O)=O)cccc12)c1ccccc1. The summed E-state index contributed by atoms with van der Waals surface area (Å²) in [5.74, 6) is -0.251. The van der Waals surface area contributed by atoms with Gasteiger partial charge in [0, 0.05) is 52.9 Å². The number of hydrogen-bond acceptors (Lipinski definition) is 7. The summed E-state index contributed by atoms with van der Waals surface area (Å²) in [6.45, 7) is 7.78. The fraction of sp³-hybridized carbons (Fsp3) is 0.371. The molecule has 2 aliphatic rings. The molecule has 2 aliphatic heterocycles. The molecule has 0 spiro atoms. The van der Waals surface area contributed by atoms with Gasteiger partial charge in [-0.15, -0.1) is 0 Å². The number of morpholine rings is 1. The fourth-order valence-electron chi connectivity index (χ4n) is 6.59. The Hall–Kier alpha value is -3.15. The number of carbonyl (C=O) groups is 1. The molecule has 1 aromatic heterocycles. The Kier molecular flexibility index (Phi) is 9.68. The molecule has 236 valence electrons. The van der Waals surface area contributed by atoms with E-state index in [4.69, 9.17) is 9.72 Å². The number of nitrogens with one attached hydrogen (secondary N) is 1. The van der Waals surface area contributed by atoms with Gasteiger partial charge >= 0.3 is 0 Å². The third-order valence-electron chi connectivity index (χ3n) is 8.95. The van der Waals surface area contributed by atoms with Gasteiger partial charge in [-0.3, -0.25) is 14.6 Å². The minimum absolute atomic E-state index is 0.110. The minimum atomic E-state index is -3.63. The summed E-state index contributed by atoms with van der Waals surface area (Å²) in [4.78, 5) is 24.6. The van der Waals surface area contributed by atoms with Gasteiger partial charge in [-0.2, -0.15) is 0 Å². The van der Waals surface area contributed by atoms with Crippen molar-refractivity contribution in [3.05, 3.63) is 94.0 Å². The van der Waals surface area contributed by atoms with Crippen molar-refractivity contribution >= 4 is 42.6 Å². The Morgan fingerprint density at radius 1 is 1.00 bits per heavy atom. The number of amides is 1. The van der Waals surface area contributed by atoms with Gasteiger partial charge < -0.3 is 10.1 Å². The maximum absolute atomic E-state index is 14.4. The third kappa shape index (κ3) is 7.15. The van der Waals surface area contributed by atoms with Gasteiger partial charge in [0.15, 0.2) is 9.84 Å². The van der Waals surface area contributed by atoms with Gasteiger partial charge in [0.05, 0.1) is 40.9 Å². The standard InChI is InChI=1S/C35H39BrN4O4S/c1-24(25-8-4-3-5-9-25)37-35(41)32-29-12-7-13-31(45(2,42)43)34(29)38-33(26-10-6-11-27(36)22-26)30(32)23-39-16-14-28(15-17-39)40-18-20-44-21-19-40/h3-13,22,24,28H,14-21,23H2,1-2H3,(H,37,41)/t24-/m0/s1. The van der Waals surface area contributed by atoms with E-state index in [9.17, 15) is 13.2 Å². The highest BCUT2D eigenvalue weighted by Gasteiger charge is 2.30. The molecule has 3 heterocycles. The molecule has 8 nitrogen and oxygen atoms in total. The molecular formula is C35H39BrN4O4S. The quantitative estimate of drug-likeness (QED) is 0.248. The largest absolute Gasteiger partial charge is 0.379 e. The predicted molar refractivity (Wildman–Crippen MR) is 181 cm³/mol. The molecule has 1 N–H and O–H groups in total. The maximum Gasteiger partial charge on any atom is 0.252 e.